The van der Waals surface area contributed by atoms with Gasteiger partial charge in [-0.25, -0.2) is 8.42 Å². The maximum Gasteiger partial charge on any atom is 0.217 e. The van der Waals surface area contributed by atoms with Crippen LogP contribution in [0.5, 0.6) is 0 Å². The molecule has 0 aliphatic carbocycles. The molecule has 0 saturated carbocycles. The fourth-order valence-corrected chi connectivity index (χ4v) is 2.65. The van der Waals surface area contributed by atoms with E-state index in [0.717, 1.165) is 11.8 Å². The number of amides is 1. The lowest BCUT2D eigenvalue weighted by atomic mass is 10.1. The van der Waals surface area contributed by atoms with Gasteiger partial charge < -0.3 is 5.73 Å². The lowest BCUT2D eigenvalue weighted by molar-refractivity contribution is -0.118. The Balaban J connectivity index is 2.98. The molecule has 0 aliphatic rings. The average molecular weight is 256 g/mol. The highest BCUT2D eigenvalue weighted by Crippen LogP contribution is 2.25. The normalized spacial score (nSPS) is 13.3. The second kappa shape index (κ2) is 5.27. The summed E-state index contributed by atoms with van der Waals surface area (Å²) in [7, 11) is -3.30. The molecule has 1 atom stereocenters. The highest BCUT2D eigenvalue weighted by Gasteiger charge is 2.24. The number of aryl methyl sites for hydroxylation is 1. The van der Waals surface area contributed by atoms with Gasteiger partial charge in [0.05, 0.1) is 5.69 Å². The van der Waals surface area contributed by atoms with E-state index in [1.54, 1.807) is 18.3 Å². The van der Waals surface area contributed by atoms with Crippen LogP contribution >= 0.6 is 0 Å². The van der Waals surface area contributed by atoms with Crippen LogP contribution < -0.4 is 5.73 Å². The highest BCUT2D eigenvalue weighted by atomic mass is 32.2. The number of hydrogen-bond acceptors (Lipinski definition) is 4. The number of rotatable bonds is 5. The Kier molecular flexibility index (Phi) is 4.22. The molecule has 0 radical (unpaired) electrons. The van der Waals surface area contributed by atoms with E-state index in [9.17, 15) is 13.2 Å². The lowest BCUT2D eigenvalue weighted by Gasteiger charge is -2.13. The van der Waals surface area contributed by atoms with Gasteiger partial charge in [-0.3, -0.25) is 9.78 Å². The molecule has 0 aliphatic heterocycles. The van der Waals surface area contributed by atoms with Crippen molar-refractivity contribution >= 4 is 15.7 Å². The first-order valence-electron chi connectivity index (χ1n) is 5.20. The van der Waals surface area contributed by atoms with Crippen LogP contribution in [-0.2, 0) is 14.6 Å². The summed E-state index contributed by atoms with van der Waals surface area (Å²) in [5.74, 6) is -0.509. The Morgan fingerprint density at radius 2 is 2.12 bits per heavy atom. The van der Waals surface area contributed by atoms with Gasteiger partial charge in [-0.05, 0) is 25.0 Å². The number of aromatic nitrogens is 1. The van der Waals surface area contributed by atoms with Crippen LogP contribution in [0.4, 0.5) is 0 Å². The highest BCUT2D eigenvalue weighted by molar-refractivity contribution is 7.90. The quantitative estimate of drug-likeness (QED) is 0.841. The van der Waals surface area contributed by atoms with Crippen LogP contribution in [0, 0.1) is 6.92 Å². The zero-order chi connectivity index (χ0) is 13.1. The molecule has 0 spiro atoms. The fraction of sp³-hybridized carbons (Fsp3) is 0.455. The second-order valence-electron chi connectivity index (χ2n) is 4.08. The number of hydrogen-bond donors (Lipinski definition) is 1. The van der Waals surface area contributed by atoms with E-state index in [0.29, 0.717) is 5.69 Å². The Bertz CT molecular complexity index is 494. The van der Waals surface area contributed by atoms with Crippen LogP contribution in [0.1, 0.15) is 29.3 Å². The lowest BCUT2D eigenvalue weighted by Crippen LogP contribution is -2.17. The van der Waals surface area contributed by atoms with Crippen LogP contribution in [0.2, 0.25) is 0 Å². The molecule has 0 saturated heterocycles. The summed E-state index contributed by atoms with van der Waals surface area (Å²) < 4.78 is 23.3. The van der Waals surface area contributed by atoms with Crippen molar-refractivity contribution in [3.63, 3.8) is 0 Å². The molecule has 1 unspecified atom stereocenters. The second-order valence-corrected chi connectivity index (χ2v) is 6.31. The van der Waals surface area contributed by atoms with Crippen LogP contribution in [0.25, 0.3) is 0 Å². The molecule has 17 heavy (non-hydrogen) atoms. The molecule has 0 bridgehead atoms. The van der Waals surface area contributed by atoms with E-state index in [4.69, 9.17) is 5.73 Å². The summed E-state index contributed by atoms with van der Waals surface area (Å²) in [6, 6.07) is 3.47. The van der Waals surface area contributed by atoms with Crippen molar-refractivity contribution < 1.29 is 13.2 Å². The Morgan fingerprint density at radius 1 is 1.47 bits per heavy atom. The smallest absolute Gasteiger partial charge is 0.217 e. The monoisotopic (exact) mass is 256 g/mol. The third-order valence-corrected chi connectivity index (χ3v) is 3.94. The summed E-state index contributed by atoms with van der Waals surface area (Å²) in [4.78, 5) is 14.8. The van der Waals surface area contributed by atoms with E-state index in [1.165, 1.54) is 0 Å². The zero-order valence-electron chi connectivity index (χ0n) is 9.88. The predicted octanol–water partition coefficient (Wildman–Crippen LogP) is 0.741. The van der Waals surface area contributed by atoms with Crippen molar-refractivity contribution in [2.75, 3.05) is 6.26 Å². The molecule has 1 heterocycles. The summed E-state index contributed by atoms with van der Waals surface area (Å²) in [6.07, 6.45) is 2.95. The van der Waals surface area contributed by atoms with Crippen molar-refractivity contribution in [1.82, 2.24) is 4.98 Å². The van der Waals surface area contributed by atoms with Crippen LogP contribution in [0.15, 0.2) is 18.3 Å². The van der Waals surface area contributed by atoms with E-state index < -0.39 is 21.0 Å². The van der Waals surface area contributed by atoms with Gasteiger partial charge in [-0.15, -0.1) is 0 Å². The summed E-state index contributed by atoms with van der Waals surface area (Å²) in [5.41, 5.74) is 6.44. The first-order chi connectivity index (χ1) is 7.80. The van der Waals surface area contributed by atoms with Gasteiger partial charge in [0.1, 0.15) is 5.25 Å². The average Bonchev–Trinajstić information content (AvgIpc) is 2.18. The predicted molar refractivity (Wildman–Crippen MR) is 65.0 cm³/mol. The molecule has 1 rings (SSSR count). The fourth-order valence-electron chi connectivity index (χ4n) is 1.52. The third kappa shape index (κ3) is 4.14. The third-order valence-electron chi connectivity index (χ3n) is 2.43. The topological polar surface area (TPSA) is 90.1 Å². The van der Waals surface area contributed by atoms with Crippen molar-refractivity contribution in [2.45, 2.75) is 25.0 Å². The first kappa shape index (κ1) is 13.6. The molecule has 0 fully saturated rings. The number of carbonyl (C=O) groups excluding carboxylic acids is 1. The number of sulfone groups is 1. The number of pyridine rings is 1. The Hall–Kier alpha value is -1.43. The maximum absolute atomic E-state index is 11.6. The maximum atomic E-state index is 11.6. The molecule has 1 aromatic rings. The molecule has 1 amide bonds. The summed E-state index contributed by atoms with van der Waals surface area (Å²) in [5, 5.41) is -0.768. The minimum Gasteiger partial charge on any atom is -0.370 e. The number of nitrogens with two attached hydrogens (primary N) is 1. The number of nitrogens with zero attached hydrogens (tertiary/aromatic N) is 1. The van der Waals surface area contributed by atoms with E-state index in [-0.39, 0.29) is 12.8 Å². The van der Waals surface area contributed by atoms with Crippen molar-refractivity contribution in [3.05, 3.63) is 29.6 Å². The molecule has 6 heteroatoms. The van der Waals surface area contributed by atoms with Gasteiger partial charge in [-0.2, -0.15) is 0 Å². The molecule has 1 aromatic heterocycles. The van der Waals surface area contributed by atoms with Crippen LogP contribution in [0.3, 0.4) is 0 Å². The zero-order valence-corrected chi connectivity index (χ0v) is 10.7. The molecule has 5 nitrogen and oxygen atoms in total. The number of carbonyl (C=O) groups is 1. The standard InChI is InChI=1S/C11H16N2O3S/c1-8-3-4-9(13-7-8)10(17(2,15)16)5-6-11(12)14/h3-4,7,10H,5-6H2,1-2H3,(H2,12,14). The molecular weight excluding hydrogens is 240 g/mol. The first-order valence-corrected chi connectivity index (χ1v) is 7.16. The Morgan fingerprint density at radius 3 is 2.53 bits per heavy atom. The van der Waals surface area contributed by atoms with Crippen molar-refractivity contribution in [1.29, 1.82) is 0 Å². The largest absolute Gasteiger partial charge is 0.370 e. The minimum atomic E-state index is -3.30. The van der Waals surface area contributed by atoms with E-state index >= 15 is 0 Å². The molecule has 0 aromatic carbocycles. The summed E-state index contributed by atoms with van der Waals surface area (Å²) >= 11 is 0. The molecular formula is C11H16N2O3S. The van der Waals surface area contributed by atoms with Gasteiger partial charge in [0.25, 0.3) is 0 Å². The van der Waals surface area contributed by atoms with Gasteiger partial charge in [0.2, 0.25) is 5.91 Å². The van der Waals surface area contributed by atoms with Crippen molar-refractivity contribution in [2.24, 2.45) is 5.73 Å². The number of primary amides is 1. The van der Waals surface area contributed by atoms with Crippen LogP contribution in [-0.4, -0.2) is 25.6 Å². The Labute approximate surface area is 101 Å². The van der Waals surface area contributed by atoms with Gasteiger partial charge in [0, 0.05) is 18.9 Å². The van der Waals surface area contributed by atoms with E-state index in [1.807, 2.05) is 6.92 Å². The van der Waals surface area contributed by atoms with Crippen molar-refractivity contribution in [3.8, 4) is 0 Å². The molecule has 2 N–H and O–H groups in total. The van der Waals surface area contributed by atoms with Gasteiger partial charge in [0.15, 0.2) is 9.84 Å². The van der Waals surface area contributed by atoms with Gasteiger partial charge >= 0.3 is 0 Å². The SMILES string of the molecule is Cc1ccc(C(CCC(N)=O)S(C)(=O)=O)nc1. The molecule has 94 valence electrons. The van der Waals surface area contributed by atoms with Gasteiger partial charge in [-0.1, -0.05) is 6.07 Å². The van der Waals surface area contributed by atoms with E-state index in [2.05, 4.69) is 4.98 Å². The minimum absolute atomic E-state index is 0.0350. The summed E-state index contributed by atoms with van der Waals surface area (Å²) in [6.45, 7) is 1.87.